The largest absolute Gasteiger partial charge is 0.406 e. The van der Waals surface area contributed by atoms with E-state index >= 15 is 0 Å². The Morgan fingerprint density at radius 2 is 1.43 bits per heavy atom. The molecule has 0 spiro atoms. The van der Waals surface area contributed by atoms with E-state index in [1.165, 1.54) is 0 Å². The highest BCUT2D eigenvalue weighted by Crippen LogP contribution is 2.37. The Morgan fingerprint density at radius 1 is 1.00 bits per heavy atom. The molecule has 0 amide bonds. The minimum atomic E-state index is -4.09. The molecule has 0 aromatic heterocycles. The fourth-order valence-electron chi connectivity index (χ4n) is 1.52. The van der Waals surface area contributed by atoms with Crippen LogP contribution in [0.4, 0.5) is 13.2 Å². The molecule has 1 atom stereocenters. The van der Waals surface area contributed by atoms with E-state index in [0.29, 0.717) is 5.30 Å². The highest BCUT2D eigenvalue weighted by atomic mass is 31.1. The van der Waals surface area contributed by atoms with E-state index in [9.17, 15) is 13.2 Å². The van der Waals surface area contributed by atoms with Crippen LogP contribution in [0.5, 0.6) is 0 Å². The lowest BCUT2D eigenvalue weighted by atomic mass is 10.1. The first kappa shape index (κ1) is 11.5. The van der Waals surface area contributed by atoms with E-state index in [0.717, 1.165) is 16.7 Å². The minimum Gasteiger partial charge on any atom is -0.167 e. The Bertz CT molecular complexity index is 319. The fourth-order valence-corrected chi connectivity index (χ4v) is 2.34. The molecular weight excluding hydrogens is 208 g/mol. The molecule has 0 aliphatic heterocycles. The molecule has 4 heteroatoms. The summed E-state index contributed by atoms with van der Waals surface area (Å²) >= 11 is 0. The maximum atomic E-state index is 12.2. The normalized spacial score (nSPS) is 12.7. The second kappa shape index (κ2) is 3.90. The molecule has 0 aliphatic rings. The zero-order valence-electron chi connectivity index (χ0n) is 8.29. The lowest BCUT2D eigenvalue weighted by Gasteiger charge is -2.13. The van der Waals surface area contributed by atoms with Crippen LogP contribution in [0.25, 0.3) is 0 Å². The van der Waals surface area contributed by atoms with E-state index in [2.05, 4.69) is 0 Å². The molecule has 0 aliphatic carbocycles. The second-order valence-electron chi connectivity index (χ2n) is 3.40. The van der Waals surface area contributed by atoms with Crippen LogP contribution in [-0.2, 0) is 0 Å². The molecule has 0 saturated carbocycles. The third-order valence-corrected chi connectivity index (χ3v) is 3.27. The summed E-state index contributed by atoms with van der Waals surface area (Å²) in [5.74, 6) is -4.09. The van der Waals surface area contributed by atoms with Crippen molar-refractivity contribution in [2.24, 2.45) is 0 Å². The Morgan fingerprint density at radius 3 is 1.79 bits per heavy atom. The summed E-state index contributed by atoms with van der Waals surface area (Å²) in [6, 6.07) is 3.59. The lowest BCUT2D eigenvalue weighted by molar-refractivity contribution is -0.0359. The molecule has 0 nitrogen and oxygen atoms in total. The SMILES string of the molecule is Cc1cc(C)c(PC(F)(F)F)c(C)c1. The average molecular weight is 220 g/mol. The summed E-state index contributed by atoms with van der Waals surface area (Å²) in [6.45, 7) is 5.35. The van der Waals surface area contributed by atoms with E-state index in [1.807, 2.05) is 6.92 Å². The van der Waals surface area contributed by atoms with Crippen LogP contribution in [0, 0.1) is 20.8 Å². The number of rotatable bonds is 1. The van der Waals surface area contributed by atoms with Gasteiger partial charge in [0.2, 0.25) is 0 Å². The van der Waals surface area contributed by atoms with Crippen LogP contribution in [-0.4, -0.2) is 5.92 Å². The number of hydrogen-bond donors (Lipinski definition) is 0. The summed E-state index contributed by atoms with van der Waals surface area (Å²) in [6.07, 6.45) is 0. The predicted molar refractivity (Wildman–Crippen MR) is 54.7 cm³/mol. The smallest absolute Gasteiger partial charge is 0.167 e. The van der Waals surface area contributed by atoms with Crippen molar-refractivity contribution in [1.29, 1.82) is 0 Å². The summed E-state index contributed by atoms with van der Waals surface area (Å²) in [5.41, 5.74) is 2.48. The van der Waals surface area contributed by atoms with Gasteiger partial charge in [0.25, 0.3) is 0 Å². The van der Waals surface area contributed by atoms with E-state index in [4.69, 9.17) is 0 Å². The number of alkyl halides is 3. The zero-order valence-corrected chi connectivity index (χ0v) is 9.29. The monoisotopic (exact) mass is 220 g/mol. The molecule has 1 unspecified atom stereocenters. The molecule has 0 N–H and O–H groups in total. The Hall–Kier alpha value is -0.560. The third kappa shape index (κ3) is 2.98. The van der Waals surface area contributed by atoms with Gasteiger partial charge in [0.05, 0.1) is 0 Å². The van der Waals surface area contributed by atoms with Crippen molar-refractivity contribution in [3.63, 3.8) is 0 Å². The van der Waals surface area contributed by atoms with Crippen molar-refractivity contribution in [3.8, 4) is 0 Å². The quantitative estimate of drug-likeness (QED) is 0.636. The third-order valence-electron chi connectivity index (χ3n) is 1.94. The number of halogens is 3. The highest BCUT2D eigenvalue weighted by Gasteiger charge is 2.29. The topological polar surface area (TPSA) is 0 Å². The van der Waals surface area contributed by atoms with Crippen LogP contribution in [0.1, 0.15) is 16.7 Å². The number of aryl methyl sites for hydroxylation is 3. The molecule has 1 aromatic carbocycles. The van der Waals surface area contributed by atoms with Gasteiger partial charge in [-0.15, -0.1) is 0 Å². The Kier molecular flexibility index (Phi) is 3.20. The van der Waals surface area contributed by atoms with Crippen molar-refractivity contribution in [2.75, 3.05) is 0 Å². The molecule has 0 bridgehead atoms. The molecule has 1 rings (SSSR count). The molecular formula is C10H12F3P. The van der Waals surface area contributed by atoms with Gasteiger partial charge in [0, 0.05) is 8.58 Å². The zero-order chi connectivity index (χ0) is 10.9. The number of benzene rings is 1. The lowest BCUT2D eigenvalue weighted by Crippen LogP contribution is -2.12. The molecule has 0 saturated heterocycles. The van der Waals surface area contributed by atoms with Crippen molar-refractivity contribution < 1.29 is 13.2 Å². The van der Waals surface area contributed by atoms with Gasteiger partial charge in [-0.1, -0.05) is 17.7 Å². The van der Waals surface area contributed by atoms with E-state index < -0.39 is 14.5 Å². The molecule has 0 fully saturated rings. The number of hydrogen-bond acceptors (Lipinski definition) is 0. The standard InChI is InChI=1S/C10H12F3P/c1-6-4-7(2)9(8(3)5-6)14-10(11,12)13/h4-5,14H,1-3H3. The van der Waals surface area contributed by atoms with Crippen LogP contribution in [0.3, 0.4) is 0 Å². The molecule has 0 radical (unpaired) electrons. The van der Waals surface area contributed by atoms with Gasteiger partial charge in [-0.25, -0.2) is 0 Å². The first-order chi connectivity index (χ1) is 6.29. The summed E-state index contributed by atoms with van der Waals surface area (Å²) in [4.78, 5) is 0. The molecule has 1 aromatic rings. The highest BCUT2D eigenvalue weighted by molar-refractivity contribution is 7.48. The van der Waals surface area contributed by atoms with E-state index in [1.54, 1.807) is 26.0 Å². The van der Waals surface area contributed by atoms with Gasteiger partial charge in [0.1, 0.15) is 0 Å². The van der Waals surface area contributed by atoms with Gasteiger partial charge in [-0.2, -0.15) is 13.2 Å². The predicted octanol–water partition coefficient (Wildman–Crippen LogP) is 3.44. The van der Waals surface area contributed by atoms with Gasteiger partial charge < -0.3 is 0 Å². The van der Waals surface area contributed by atoms with Crippen molar-refractivity contribution in [2.45, 2.75) is 26.7 Å². The van der Waals surface area contributed by atoms with Gasteiger partial charge in [-0.3, -0.25) is 0 Å². The molecule has 0 heterocycles. The summed E-state index contributed by atoms with van der Waals surface area (Å²) in [7, 11) is -1.09. The fraction of sp³-hybridized carbons (Fsp3) is 0.400. The van der Waals surface area contributed by atoms with E-state index in [-0.39, 0.29) is 0 Å². The summed E-state index contributed by atoms with van der Waals surface area (Å²) < 4.78 is 36.6. The van der Waals surface area contributed by atoms with Gasteiger partial charge in [0.15, 0.2) is 0 Å². The molecule has 14 heavy (non-hydrogen) atoms. The maximum absolute atomic E-state index is 12.2. The van der Waals surface area contributed by atoms with Gasteiger partial charge in [-0.05, 0) is 37.2 Å². The van der Waals surface area contributed by atoms with Crippen molar-refractivity contribution in [1.82, 2.24) is 0 Å². The van der Waals surface area contributed by atoms with Crippen LogP contribution < -0.4 is 5.30 Å². The van der Waals surface area contributed by atoms with Crippen molar-refractivity contribution >= 4 is 13.9 Å². The van der Waals surface area contributed by atoms with Crippen molar-refractivity contribution in [3.05, 3.63) is 28.8 Å². The average Bonchev–Trinajstić information content (AvgIpc) is 1.95. The van der Waals surface area contributed by atoms with Crippen LogP contribution in [0.15, 0.2) is 12.1 Å². The minimum absolute atomic E-state index is 0.433. The first-order valence-corrected chi connectivity index (χ1v) is 5.22. The Balaban J connectivity index is 3.09. The van der Waals surface area contributed by atoms with Crippen LogP contribution in [0.2, 0.25) is 0 Å². The maximum Gasteiger partial charge on any atom is 0.406 e. The van der Waals surface area contributed by atoms with Gasteiger partial charge >= 0.3 is 5.92 Å². The first-order valence-electron chi connectivity index (χ1n) is 4.22. The molecule has 78 valence electrons. The second-order valence-corrected chi connectivity index (χ2v) is 4.71. The summed E-state index contributed by atoms with van der Waals surface area (Å²) in [5, 5.41) is 0.433. The Labute approximate surface area is 83.3 Å². The van der Waals surface area contributed by atoms with Crippen LogP contribution >= 0.6 is 8.58 Å².